The Labute approximate surface area is 86.1 Å². The molecule has 2 unspecified atom stereocenters. The molecule has 2 nitrogen and oxygen atoms in total. The van der Waals surface area contributed by atoms with Crippen LogP contribution >= 0.6 is 0 Å². The van der Waals surface area contributed by atoms with E-state index < -0.39 is 0 Å². The molecule has 0 aromatic carbocycles. The number of hydrogen-bond acceptors (Lipinski definition) is 2. The van der Waals surface area contributed by atoms with Gasteiger partial charge in [-0.05, 0) is 49.5 Å². The summed E-state index contributed by atoms with van der Waals surface area (Å²) in [6.45, 7) is 1.48. The van der Waals surface area contributed by atoms with Crippen LogP contribution in [0.5, 0.6) is 0 Å². The molecule has 2 N–H and O–H groups in total. The molecule has 0 radical (unpaired) electrons. The average Bonchev–Trinajstić information content (AvgIpc) is 2.70. The third-order valence-corrected chi connectivity index (χ3v) is 5.46. The van der Waals surface area contributed by atoms with Crippen molar-refractivity contribution < 1.29 is 5.11 Å². The monoisotopic (exact) mass is 195 g/mol. The van der Waals surface area contributed by atoms with E-state index in [0.29, 0.717) is 23.5 Å². The lowest BCUT2D eigenvalue weighted by Crippen LogP contribution is -2.51. The molecular weight excluding hydrogens is 174 g/mol. The summed E-state index contributed by atoms with van der Waals surface area (Å²) in [6, 6.07) is 0.408. The number of rotatable bonds is 1. The number of aliphatic hydroxyl groups excluding tert-OH is 1. The van der Waals surface area contributed by atoms with Crippen molar-refractivity contribution in [2.24, 2.45) is 10.8 Å². The van der Waals surface area contributed by atoms with Crippen LogP contribution in [0.25, 0.3) is 0 Å². The number of fused-ring (bicyclic) bond motifs is 1. The van der Waals surface area contributed by atoms with Gasteiger partial charge < -0.3 is 10.4 Å². The molecule has 2 spiro atoms. The van der Waals surface area contributed by atoms with E-state index in [2.05, 4.69) is 5.32 Å². The Kier molecular flexibility index (Phi) is 1.94. The lowest BCUT2D eigenvalue weighted by atomic mass is 9.52. The molecule has 0 bridgehead atoms. The zero-order valence-corrected chi connectivity index (χ0v) is 8.89. The largest absolute Gasteiger partial charge is 0.395 e. The number of nitrogens with one attached hydrogen (secondary N) is 1. The van der Waals surface area contributed by atoms with E-state index in [1.807, 2.05) is 0 Å². The van der Waals surface area contributed by atoms with Gasteiger partial charge in [-0.15, -0.1) is 0 Å². The maximum absolute atomic E-state index is 9.48. The minimum Gasteiger partial charge on any atom is -0.395 e. The van der Waals surface area contributed by atoms with Gasteiger partial charge in [0.05, 0.1) is 6.61 Å². The van der Waals surface area contributed by atoms with E-state index in [9.17, 15) is 5.11 Å². The second-order valence-corrected chi connectivity index (χ2v) is 5.58. The molecule has 0 amide bonds. The van der Waals surface area contributed by atoms with Gasteiger partial charge >= 0.3 is 0 Å². The third kappa shape index (κ3) is 0.892. The van der Waals surface area contributed by atoms with Crippen LogP contribution in [0.1, 0.15) is 44.9 Å². The molecule has 0 aromatic rings. The summed E-state index contributed by atoms with van der Waals surface area (Å²) < 4.78 is 0. The Balaban J connectivity index is 1.93. The molecule has 2 aliphatic carbocycles. The van der Waals surface area contributed by atoms with Crippen molar-refractivity contribution in [1.82, 2.24) is 5.32 Å². The smallest absolute Gasteiger partial charge is 0.0590 e. The first-order chi connectivity index (χ1) is 6.83. The summed E-state index contributed by atoms with van der Waals surface area (Å²) in [5.74, 6) is 0. The van der Waals surface area contributed by atoms with Crippen molar-refractivity contribution >= 4 is 0 Å². The lowest BCUT2D eigenvalue weighted by Gasteiger charge is -2.53. The maximum Gasteiger partial charge on any atom is 0.0590 e. The number of aliphatic hydroxyl groups is 1. The van der Waals surface area contributed by atoms with Crippen LogP contribution < -0.4 is 5.32 Å². The summed E-state index contributed by atoms with van der Waals surface area (Å²) in [5, 5.41) is 13.0. The number of hydrogen-bond donors (Lipinski definition) is 2. The van der Waals surface area contributed by atoms with E-state index in [-0.39, 0.29) is 0 Å². The van der Waals surface area contributed by atoms with Gasteiger partial charge in [0.15, 0.2) is 0 Å². The van der Waals surface area contributed by atoms with Crippen LogP contribution in [0.4, 0.5) is 0 Å². The highest BCUT2D eigenvalue weighted by atomic mass is 16.3. The quantitative estimate of drug-likeness (QED) is 0.667. The minimum atomic E-state index is 0.349. The molecule has 1 saturated heterocycles. The van der Waals surface area contributed by atoms with Gasteiger partial charge in [-0.25, -0.2) is 0 Å². The Morgan fingerprint density at radius 2 is 1.79 bits per heavy atom. The molecule has 1 aliphatic heterocycles. The van der Waals surface area contributed by atoms with Crippen molar-refractivity contribution in [2.45, 2.75) is 51.0 Å². The fraction of sp³-hybridized carbons (Fsp3) is 1.00. The molecular formula is C12H21NO. The molecule has 14 heavy (non-hydrogen) atoms. The van der Waals surface area contributed by atoms with Gasteiger partial charge in [-0.3, -0.25) is 0 Å². The minimum absolute atomic E-state index is 0.349. The van der Waals surface area contributed by atoms with Crippen molar-refractivity contribution in [3.8, 4) is 0 Å². The average molecular weight is 195 g/mol. The molecule has 0 aromatic heterocycles. The highest BCUT2D eigenvalue weighted by molar-refractivity contribution is 5.13. The standard InChI is InChI=1S/C12H21NO/c14-9-10-12(7-8-13-10)6-2-5-11(12)3-1-4-11/h10,13-14H,1-9H2. The van der Waals surface area contributed by atoms with E-state index in [4.69, 9.17) is 0 Å². The maximum atomic E-state index is 9.48. The van der Waals surface area contributed by atoms with Crippen LogP contribution in [0.15, 0.2) is 0 Å². The second kappa shape index (κ2) is 2.96. The molecule has 80 valence electrons. The van der Waals surface area contributed by atoms with Crippen LogP contribution in [0.2, 0.25) is 0 Å². The second-order valence-electron chi connectivity index (χ2n) is 5.58. The molecule has 3 rings (SSSR count). The fourth-order valence-electron chi connectivity index (χ4n) is 4.62. The van der Waals surface area contributed by atoms with Crippen molar-refractivity contribution in [3.63, 3.8) is 0 Å². The topological polar surface area (TPSA) is 32.3 Å². The Morgan fingerprint density at radius 1 is 1.07 bits per heavy atom. The highest BCUT2D eigenvalue weighted by Gasteiger charge is 2.61. The third-order valence-electron chi connectivity index (χ3n) is 5.46. The Bertz CT molecular complexity index is 232. The summed E-state index contributed by atoms with van der Waals surface area (Å²) in [7, 11) is 0. The normalized spacial score (nSPS) is 44.8. The van der Waals surface area contributed by atoms with Gasteiger partial charge in [0.2, 0.25) is 0 Å². The molecule has 2 atom stereocenters. The Morgan fingerprint density at radius 3 is 2.43 bits per heavy atom. The van der Waals surface area contributed by atoms with E-state index in [1.165, 1.54) is 44.9 Å². The summed E-state index contributed by atoms with van der Waals surface area (Å²) >= 11 is 0. The zero-order valence-electron chi connectivity index (χ0n) is 8.89. The van der Waals surface area contributed by atoms with Crippen molar-refractivity contribution in [2.75, 3.05) is 13.2 Å². The van der Waals surface area contributed by atoms with E-state index in [0.717, 1.165) is 6.54 Å². The van der Waals surface area contributed by atoms with Gasteiger partial charge in [-0.2, -0.15) is 0 Å². The van der Waals surface area contributed by atoms with Crippen molar-refractivity contribution in [3.05, 3.63) is 0 Å². The van der Waals surface area contributed by atoms with Crippen LogP contribution in [0, 0.1) is 10.8 Å². The van der Waals surface area contributed by atoms with Crippen LogP contribution in [0.3, 0.4) is 0 Å². The molecule has 3 aliphatic rings. The SMILES string of the molecule is OCC1NCCC12CCCC21CCC1. The summed E-state index contributed by atoms with van der Waals surface area (Å²) in [6.07, 6.45) is 9.82. The fourth-order valence-corrected chi connectivity index (χ4v) is 4.62. The van der Waals surface area contributed by atoms with E-state index in [1.54, 1.807) is 0 Å². The molecule has 2 saturated carbocycles. The summed E-state index contributed by atoms with van der Waals surface area (Å²) in [5.41, 5.74) is 1.13. The first-order valence-corrected chi connectivity index (χ1v) is 6.17. The van der Waals surface area contributed by atoms with Gasteiger partial charge in [0.25, 0.3) is 0 Å². The highest BCUT2D eigenvalue weighted by Crippen LogP contribution is 2.67. The predicted molar refractivity (Wildman–Crippen MR) is 56.1 cm³/mol. The predicted octanol–water partition coefficient (Wildman–Crippen LogP) is 1.68. The first-order valence-electron chi connectivity index (χ1n) is 6.17. The first kappa shape index (κ1) is 9.17. The van der Waals surface area contributed by atoms with Gasteiger partial charge in [-0.1, -0.05) is 12.8 Å². The molecule has 3 fully saturated rings. The van der Waals surface area contributed by atoms with Crippen LogP contribution in [-0.4, -0.2) is 24.3 Å². The summed E-state index contributed by atoms with van der Waals surface area (Å²) in [4.78, 5) is 0. The van der Waals surface area contributed by atoms with Crippen LogP contribution in [-0.2, 0) is 0 Å². The zero-order chi connectivity index (χ0) is 9.65. The molecule has 1 heterocycles. The van der Waals surface area contributed by atoms with Gasteiger partial charge in [0.1, 0.15) is 0 Å². The molecule has 2 heteroatoms. The van der Waals surface area contributed by atoms with Crippen molar-refractivity contribution in [1.29, 1.82) is 0 Å². The Hall–Kier alpha value is -0.0800. The van der Waals surface area contributed by atoms with Gasteiger partial charge in [0, 0.05) is 6.04 Å². The van der Waals surface area contributed by atoms with E-state index >= 15 is 0 Å². The lowest BCUT2D eigenvalue weighted by molar-refractivity contribution is -0.0319.